The Morgan fingerprint density at radius 1 is 1.40 bits per heavy atom. The lowest BCUT2D eigenvalue weighted by Crippen LogP contribution is -2.18. The molecule has 84 valence electrons. The van der Waals surface area contributed by atoms with E-state index < -0.39 is 6.10 Å². The van der Waals surface area contributed by atoms with Crippen LogP contribution >= 0.6 is 0 Å². The highest BCUT2D eigenvalue weighted by Gasteiger charge is 2.05. The highest BCUT2D eigenvalue weighted by atomic mass is 16.5. The number of benzene rings is 1. The molecule has 0 bridgehead atoms. The zero-order valence-corrected chi connectivity index (χ0v) is 9.27. The highest BCUT2D eigenvalue weighted by molar-refractivity contribution is 5.28. The van der Waals surface area contributed by atoms with Crippen LogP contribution in [0, 0.1) is 0 Å². The van der Waals surface area contributed by atoms with Crippen molar-refractivity contribution in [3.05, 3.63) is 29.8 Å². The molecule has 0 aliphatic heterocycles. The van der Waals surface area contributed by atoms with Crippen LogP contribution in [0.3, 0.4) is 0 Å². The summed E-state index contributed by atoms with van der Waals surface area (Å²) in [5, 5.41) is 9.63. The van der Waals surface area contributed by atoms with Gasteiger partial charge >= 0.3 is 0 Å². The van der Waals surface area contributed by atoms with Gasteiger partial charge in [0.05, 0.1) is 19.8 Å². The van der Waals surface area contributed by atoms with Gasteiger partial charge in [-0.05, 0) is 24.6 Å². The Bertz CT molecular complexity index is 286. The fourth-order valence-corrected chi connectivity index (χ4v) is 1.38. The van der Waals surface area contributed by atoms with E-state index in [1.54, 1.807) is 7.11 Å². The van der Waals surface area contributed by atoms with Gasteiger partial charge in [0.15, 0.2) is 0 Å². The molecule has 1 rings (SSSR count). The summed E-state index contributed by atoms with van der Waals surface area (Å²) < 4.78 is 10.2. The monoisotopic (exact) mass is 210 g/mol. The molecule has 0 fully saturated rings. The second kappa shape index (κ2) is 6.43. The number of hydrogen-bond acceptors (Lipinski definition) is 3. The zero-order chi connectivity index (χ0) is 11.1. The normalized spacial score (nSPS) is 12.5. The van der Waals surface area contributed by atoms with Crippen LogP contribution in [0.4, 0.5) is 0 Å². The predicted molar refractivity (Wildman–Crippen MR) is 59.2 cm³/mol. The van der Waals surface area contributed by atoms with Crippen LogP contribution in [0.1, 0.15) is 12.5 Å². The van der Waals surface area contributed by atoms with Gasteiger partial charge in [-0.3, -0.25) is 0 Å². The molecule has 0 saturated carbocycles. The summed E-state index contributed by atoms with van der Waals surface area (Å²) in [5.74, 6) is 0.816. The van der Waals surface area contributed by atoms with Gasteiger partial charge in [0.25, 0.3) is 0 Å². The molecule has 0 saturated heterocycles. The predicted octanol–water partition coefficient (Wildman–Crippen LogP) is 1.64. The number of methoxy groups -OCH3 is 1. The van der Waals surface area contributed by atoms with Crippen LogP contribution in [-0.4, -0.2) is 31.5 Å². The summed E-state index contributed by atoms with van der Waals surface area (Å²) >= 11 is 0. The number of aliphatic hydroxyl groups excluding tert-OH is 1. The lowest BCUT2D eigenvalue weighted by atomic mass is 10.1. The van der Waals surface area contributed by atoms with Crippen molar-refractivity contribution in [2.45, 2.75) is 19.4 Å². The fraction of sp³-hybridized carbons (Fsp3) is 0.500. The molecule has 3 heteroatoms. The van der Waals surface area contributed by atoms with Gasteiger partial charge in [-0.15, -0.1) is 0 Å². The lowest BCUT2D eigenvalue weighted by Gasteiger charge is -2.11. The maximum absolute atomic E-state index is 9.63. The van der Waals surface area contributed by atoms with Crippen LogP contribution in [0.5, 0.6) is 5.75 Å². The topological polar surface area (TPSA) is 38.7 Å². The van der Waals surface area contributed by atoms with Gasteiger partial charge < -0.3 is 14.6 Å². The van der Waals surface area contributed by atoms with E-state index in [2.05, 4.69) is 0 Å². The molecule has 1 atom stereocenters. The maximum Gasteiger partial charge on any atom is 0.119 e. The molecule has 1 aromatic rings. The molecule has 15 heavy (non-hydrogen) atoms. The van der Waals surface area contributed by atoms with E-state index in [-0.39, 0.29) is 0 Å². The molecule has 0 radical (unpaired) electrons. The summed E-state index contributed by atoms with van der Waals surface area (Å²) in [6, 6.07) is 7.70. The van der Waals surface area contributed by atoms with Crippen LogP contribution in [-0.2, 0) is 11.2 Å². The Labute approximate surface area is 90.6 Å². The van der Waals surface area contributed by atoms with E-state index in [9.17, 15) is 5.11 Å². The van der Waals surface area contributed by atoms with Crippen molar-refractivity contribution in [3.63, 3.8) is 0 Å². The SMILES string of the molecule is CCOCC(O)Cc1cccc(OC)c1. The van der Waals surface area contributed by atoms with Crippen molar-refractivity contribution >= 4 is 0 Å². The van der Waals surface area contributed by atoms with E-state index in [0.29, 0.717) is 19.6 Å². The number of hydrogen-bond donors (Lipinski definition) is 1. The minimum Gasteiger partial charge on any atom is -0.497 e. The van der Waals surface area contributed by atoms with Gasteiger partial charge in [-0.2, -0.15) is 0 Å². The highest BCUT2D eigenvalue weighted by Crippen LogP contribution is 2.14. The first-order valence-corrected chi connectivity index (χ1v) is 5.15. The van der Waals surface area contributed by atoms with Crippen LogP contribution in [0.25, 0.3) is 0 Å². The standard InChI is InChI=1S/C12H18O3/c1-3-15-9-11(13)7-10-5-4-6-12(8-10)14-2/h4-6,8,11,13H,3,7,9H2,1-2H3. The Kier molecular flexibility index (Phi) is 5.15. The summed E-state index contributed by atoms with van der Waals surface area (Å²) in [6.07, 6.45) is 0.147. The second-order valence-corrected chi connectivity index (χ2v) is 3.37. The van der Waals surface area contributed by atoms with Crippen LogP contribution < -0.4 is 4.74 Å². The number of aliphatic hydroxyl groups is 1. The summed E-state index contributed by atoms with van der Waals surface area (Å²) in [6.45, 7) is 2.93. The van der Waals surface area contributed by atoms with Crippen molar-refractivity contribution in [2.24, 2.45) is 0 Å². The van der Waals surface area contributed by atoms with Gasteiger partial charge in [-0.25, -0.2) is 0 Å². The molecule has 3 nitrogen and oxygen atoms in total. The molecule has 0 amide bonds. The lowest BCUT2D eigenvalue weighted by molar-refractivity contribution is 0.0430. The Hall–Kier alpha value is -1.06. The van der Waals surface area contributed by atoms with E-state index in [0.717, 1.165) is 11.3 Å². The molecule has 0 aliphatic rings. The van der Waals surface area contributed by atoms with Gasteiger partial charge in [0.2, 0.25) is 0 Å². The molecule has 1 aromatic carbocycles. The molecule has 1 unspecified atom stereocenters. The van der Waals surface area contributed by atoms with Gasteiger partial charge in [0, 0.05) is 13.0 Å². The largest absolute Gasteiger partial charge is 0.497 e. The second-order valence-electron chi connectivity index (χ2n) is 3.37. The number of ether oxygens (including phenoxy) is 2. The van der Waals surface area contributed by atoms with E-state index >= 15 is 0 Å². The first kappa shape index (κ1) is 12.0. The smallest absolute Gasteiger partial charge is 0.119 e. The number of rotatable bonds is 6. The average Bonchev–Trinajstić information content (AvgIpc) is 2.26. The van der Waals surface area contributed by atoms with Gasteiger partial charge in [-0.1, -0.05) is 12.1 Å². The Morgan fingerprint density at radius 3 is 2.87 bits per heavy atom. The molecular formula is C12H18O3. The van der Waals surface area contributed by atoms with E-state index in [4.69, 9.17) is 9.47 Å². The van der Waals surface area contributed by atoms with Crippen LogP contribution in [0.2, 0.25) is 0 Å². The third kappa shape index (κ3) is 4.32. The Balaban J connectivity index is 2.48. The van der Waals surface area contributed by atoms with E-state index in [1.807, 2.05) is 31.2 Å². The third-order valence-corrected chi connectivity index (χ3v) is 2.12. The average molecular weight is 210 g/mol. The first-order chi connectivity index (χ1) is 7.26. The van der Waals surface area contributed by atoms with Crippen molar-refractivity contribution in [3.8, 4) is 5.75 Å². The first-order valence-electron chi connectivity index (χ1n) is 5.15. The summed E-state index contributed by atoms with van der Waals surface area (Å²) in [4.78, 5) is 0. The van der Waals surface area contributed by atoms with Crippen LogP contribution in [0.15, 0.2) is 24.3 Å². The quantitative estimate of drug-likeness (QED) is 0.775. The van der Waals surface area contributed by atoms with Crippen molar-refractivity contribution in [1.29, 1.82) is 0 Å². The van der Waals surface area contributed by atoms with Crippen molar-refractivity contribution < 1.29 is 14.6 Å². The summed E-state index contributed by atoms with van der Waals surface area (Å²) in [5.41, 5.74) is 1.06. The molecule has 0 aliphatic carbocycles. The fourth-order valence-electron chi connectivity index (χ4n) is 1.38. The maximum atomic E-state index is 9.63. The minimum absolute atomic E-state index is 0.383. The molecule has 0 aromatic heterocycles. The summed E-state index contributed by atoms with van der Waals surface area (Å²) in [7, 11) is 1.63. The van der Waals surface area contributed by atoms with Crippen molar-refractivity contribution in [1.82, 2.24) is 0 Å². The van der Waals surface area contributed by atoms with E-state index in [1.165, 1.54) is 0 Å². The van der Waals surface area contributed by atoms with Crippen molar-refractivity contribution in [2.75, 3.05) is 20.3 Å². The molecule has 1 N–H and O–H groups in total. The third-order valence-electron chi connectivity index (χ3n) is 2.12. The minimum atomic E-state index is -0.447. The molecule has 0 heterocycles. The molecular weight excluding hydrogens is 192 g/mol. The van der Waals surface area contributed by atoms with Gasteiger partial charge in [0.1, 0.15) is 5.75 Å². The molecule has 0 spiro atoms. The zero-order valence-electron chi connectivity index (χ0n) is 9.27. The Morgan fingerprint density at radius 2 is 2.20 bits per heavy atom.